The summed E-state index contributed by atoms with van der Waals surface area (Å²) >= 11 is 0. The highest BCUT2D eigenvalue weighted by atomic mass is 16.6. The third-order valence-corrected chi connectivity index (χ3v) is 6.03. The Bertz CT molecular complexity index is 1770. The number of aryl methyl sites for hydroxylation is 1. The Morgan fingerprint density at radius 1 is 1.08 bits per heavy atom. The van der Waals surface area contributed by atoms with Crippen LogP contribution in [-0.2, 0) is 13.6 Å². The van der Waals surface area contributed by atoms with Gasteiger partial charge in [0.25, 0.3) is 11.2 Å². The van der Waals surface area contributed by atoms with E-state index in [4.69, 9.17) is 0 Å². The number of nitrogens with one attached hydrogen (secondary N) is 2. The largest absolute Gasteiger partial charge is 0.329 e. The van der Waals surface area contributed by atoms with Crippen molar-refractivity contribution in [1.82, 2.24) is 19.1 Å². The first-order chi connectivity index (χ1) is 17.3. The maximum atomic E-state index is 12.8. The van der Waals surface area contributed by atoms with Gasteiger partial charge in [-0.15, -0.1) is 0 Å². The first kappa shape index (κ1) is 22.7. The SMILES string of the molecule is C/C(=N\Nc1nc2c(c(=O)[nH]c(=O)n2C)n1Cc1cccc2ccccc12)c1ccc([N+](=O)[O-])cc1. The minimum absolute atomic E-state index is 0.0171. The Hall–Kier alpha value is -5.06. The van der Waals surface area contributed by atoms with E-state index in [9.17, 15) is 19.7 Å². The highest BCUT2D eigenvalue weighted by Crippen LogP contribution is 2.23. The molecular weight excluding hydrogens is 462 g/mol. The van der Waals surface area contributed by atoms with Crippen molar-refractivity contribution in [2.45, 2.75) is 13.5 Å². The van der Waals surface area contributed by atoms with Crippen molar-refractivity contribution >= 4 is 39.3 Å². The number of nitrogens with zero attached hydrogens (tertiary/aromatic N) is 5. The summed E-state index contributed by atoms with van der Waals surface area (Å²) in [7, 11) is 1.53. The minimum Gasteiger partial charge on any atom is -0.298 e. The lowest BCUT2D eigenvalue weighted by atomic mass is 10.0. The molecule has 0 amide bonds. The molecule has 3 aromatic carbocycles. The zero-order chi connectivity index (χ0) is 25.4. The summed E-state index contributed by atoms with van der Waals surface area (Å²) in [5.41, 5.74) is 4.42. The van der Waals surface area contributed by atoms with E-state index in [-0.39, 0.29) is 22.8 Å². The van der Waals surface area contributed by atoms with Crippen LogP contribution in [-0.4, -0.2) is 29.7 Å². The number of benzene rings is 3. The van der Waals surface area contributed by atoms with Gasteiger partial charge in [-0.3, -0.25) is 29.0 Å². The third kappa shape index (κ3) is 4.02. The van der Waals surface area contributed by atoms with Gasteiger partial charge in [-0.05, 0) is 41.0 Å². The molecule has 0 bridgehead atoms. The summed E-state index contributed by atoms with van der Waals surface area (Å²) in [4.78, 5) is 42.3. The Balaban J connectivity index is 1.61. The summed E-state index contributed by atoms with van der Waals surface area (Å²) < 4.78 is 2.95. The number of nitro groups is 1. The lowest BCUT2D eigenvalue weighted by molar-refractivity contribution is -0.384. The van der Waals surface area contributed by atoms with E-state index in [1.807, 2.05) is 42.5 Å². The molecule has 0 aliphatic heterocycles. The van der Waals surface area contributed by atoms with Crippen LogP contribution in [0.25, 0.3) is 21.9 Å². The van der Waals surface area contributed by atoms with Crippen LogP contribution in [0.4, 0.5) is 11.6 Å². The third-order valence-electron chi connectivity index (χ3n) is 6.03. The fourth-order valence-electron chi connectivity index (χ4n) is 4.10. The van der Waals surface area contributed by atoms with E-state index >= 15 is 0 Å². The summed E-state index contributed by atoms with van der Waals surface area (Å²) in [6, 6.07) is 19.9. The van der Waals surface area contributed by atoms with Crippen LogP contribution in [0.5, 0.6) is 0 Å². The predicted molar refractivity (Wildman–Crippen MR) is 138 cm³/mol. The molecule has 0 aliphatic rings. The van der Waals surface area contributed by atoms with Crippen LogP contribution in [0.1, 0.15) is 18.1 Å². The average molecular weight is 483 g/mol. The first-order valence-electron chi connectivity index (χ1n) is 11.0. The van der Waals surface area contributed by atoms with Crippen LogP contribution in [0.15, 0.2) is 81.4 Å². The fraction of sp³-hybridized carbons (Fsp3) is 0.120. The maximum Gasteiger partial charge on any atom is 0.329 e. The number of rotatable bonds is 6. The van der Waals surface area contributed by atoms with Crippen molar-refractivity contribution in [3.8, 4) is 0 Å². The molecule has 0 radical (unpaired) electrons. The molecule has 5 aromatic rings. The van der Waals surface area contributed by atoms with Gasteiger partial charge in [0, 0.05) is 19.2 Å². The standard InChI is InChI=1S/C25H21N7O4/c1-15(16-10-12-19(13-11-16)32(35)36)28-29-24-26-22-21(23(33)27-25(34)30(22)2)31(24)14-18-8-5-7-17-6-3-4-9-20(17)18/h3-13H,14H2,1-2H3,(H,26,29)(H,27,33,34)/b28-15+. The van der Waals surface area contributed by atoms with E-state index in [0.29, 0.717) is 17.8 Å². The molecule has 36 heavy (non-hydrogen) atoms. The number of imidazole rings is 1. The molecule has 5 rings (SSSR count). The lowest BCUT2D eigenvalue weighted by Crippen LogP contribution is -2.29. The Morgan fingerprint density at radius 2 is 1.81 bits per heavy atom. The quantitative estimate of drug-likeness (QED) is 0.216. The van der Waals surface area contributed by atoms with Crippen LogP contribution < -0.4 is 16.7 Å². The molecule has 11 heteroatoms. The van der Waals surface area contributed by atoms with Crippen LogP contribution in [0.2, 0.25) is 0 Å². The van der Waals surface area contributed by atoms with Gasteiger partial charge in [-0.25, -0.2) is 10.2 Å². The van der Waals surface area contributed by atoms with E-state index in [1.54, 1.807) is 23.6 Å². The second kappa shape index (κ2) is 8.95. The van der Waals surface area contributed by atoms with Gasteiger partial charge in [0.1, 0.15) is 0 Å². The number of fused-ring (bicyclic) bond motifs is 2. The van der Waals surface area contributed by atoms with Gasteiger partial charge in [0.05, 0.1) is 17.2 Å². The molecule has 0 saturated carbocycles. The first-order valence-corrected chi connectivity index (χ1v) is 11.0. The zero-order valence-corrected chi connectivity index (χ0v) is 19.4. The van der Waals surface area contributed by atoms with Gasteiger partial charge in [0.2, 0.25) is 5.95 Å². The van der Waals surface area contributed by atoms with E-state index < -0.39 is 16.2 Å². The molecule has 2 N–H and O–H groups in total. The van der Waals surface area contributed by atoms with E-state index in [0.717, 1.165) is 16.3 Å². The van der Waals surface area contributed by atoms with E-state index in [1.165, 1.54) is 23.7 Å². The van der Waals surface area contributed by atoms with E-state index in [2.05, 4.69) is 20.5 Å². The number of non-ortho nitro benzene ring substituents is 1. The van der Waals surface area contributed by atoms with Crippen LogP contribution >= 0.6 is 0 Å². The van der Waals surface area contributed by atoms with Crippen molar-refractivity contribution < 1.29 is 4.92 Å². The molecular formula is C25H21N7O4. The van der Waals surface area contributed by atoms with Gasteiger partial charge >= 0.3 is 5.69 Å². The molecule has 2 aromatic heterocycles. The smallest absolute Gasteiger partial charge is 0.298 e. The molecule has 0 spiro atoms. The second-order valence-electron chi connectivity index (χ2n) is 8.26. The van der Waals surface area contributed by atoms with Crippen molar-refractivity contribution in [3.05, 3.63) is 109 Å². The topological polar surface area (TPSA) is 140 Å². The minimum atomic E-state index is -0.570. The summed E-state index contributed by atoms with van der Waals surface area (Å²) in [5, 5.41) is 17.4. The number of hydrogen-bond donors (Lipinski definition) is 2. The van der Waals surface area contributed by atoms with Crippen LogP contribution in [0, 0.1) is 10.1 Å². The highest BCUT2D eigenvalue weighted by molar-refractivity contribution is 5.99. The average Bonchev–Trinajstić information content (AvgIpc) is 3.25. The molecule has 11 nitrogen and oxygen atoms in total. The van der Waals surface area contributed by atoms with Crippen molar-refractivity contribution in [3.63, 3.8) is 0 Å². The second-order valence-corrected chi connectivity index (χ2v) is 8.26. The summed E-state index contributed by atoms with van der Waals surface area (Å²) in [5.74, 6) is 0.269. The van der Waals surface area contributed by atoms with Crippen molar-refractivity contribution in [2.24, 2.45) is 12.1 Å². The maximum absolute atomic E-state index is 12.8. The Morgan fingerprint density at radius 3 is 2.56 bits per heavy atom. The Labute approximate surface area is 203 Å². The van der Waals surface area contributed by atoms with Gasteiger partial charge in [-0.2, -0.15) is 10.1 Å². The summed E-state index contributed by atoms with van der Waals surface area (Å²) in [6.07, 6.45) is 0. The number of hydrazone groups is 1. The number of nitro benzene ring substituents is 1. The number of aromatic amines is 1. The van der Waals surface area contributed by atoms with Crippen molar-refractivity contribution in [2.75, 3.05) is 5.43 Å². The number of anilines is 1. The van der Waals surface area contributed by atoms with Gasteiger partial charge in [0.15, 0.2) is 11.2 Å². The van der Waals surface area contributed by atoms with Crippen LogP contribution in [0.3, 0.4) is 0 Å². The predicted octanol–water partition coefficient (Wildman–Crippen LogP) is 3.37. The monoisotopic (exact) mass is 483 g/mol. The Kier molecular flexibility index (Phi) is 5.65. The zero-order valence-electron chi connectivity index (χ0n) is 19.4. The normalized spacial score (nSPS) is 11.8. The molecule has 0 fully saturated rings. The molecule has 0 aliphatic carbocycles. The molecule has 0 unspecified atom stereocenters. The van der Waals surface area contributed by atoms with Crippen molar-refractivity contribution in [1.29, 1.82) is 0 Å². The number of H-pyrrole nitrogens is 1. The summed E-state index contributed by atoms with van der Waals surface area (Å²) in [6.45, 7) is 2.04. The molecule has 0 atom stereocenters. The molecule has 2 heterocycles. The van der Waals surface area contributed by atoms with Gasteiger partial charge < -0.3 is 0 Å². The highest BCUT2D eigenvalue weighted by Gasteiger charge is 2.18. The van der Waals surface area contributed by atoms with Gasteiger partial charge in [-0.1, -0.05) is 42.5 Å². The molecule has 180 valence electrons. The number of hydrogen-bond acceptors (Lipinski definition) is 7. The number of aromatic nitrogens is 4. The molecule has 0 saturated heterocycles. The lowest BCUT2D eigenvalue weighted by Gasteiger charge is -2.11. The fourth-order valence-corrected chi connectivity index (χ4v) is 4.10.